The lowest BCUT2D eigenvalue weighted by atomic mass is 10.2. The Bertz CT molecular complexity index is 1230. The first-order valence-electron chi connectivity index (χ1n) is 8.68. The number of guanidine groups is 1. The molecule has 0 spiro atoms. The predicted molar refractivity (Wildman–Crippen MR) is 105 cm³/mol. The van der Waals surface area contributed by atoms with Gasteiger partial charge in [0, 0.05) is 12.1 Å². The van der Waals surface area contributed by atoms with Gasteiger partial charge in [-0.05, 0) is 18.2 Å². The van der Waals surface area contributed by atoms with Crippen molar-refractivity contribution in [2.45, 2.75) is 11.4 Å². The molecule has 2 amide bonds. The molecule has 0 atom stereocenters. The van der Waals surface area contributed by atoms with Crippen LogP contribution in [0, 0.1) is 5.82 Å². The molecular formula is C18H15FN6O4S. The quantitative estimate of drug-likeness (QED) is 0.691. The van der Waals surface area contributed by atoms with Crippen LogP contribution in [0.4, 0.5) is 10.1 Å². The number of amidine groups is 1. The van der Waals surface area contributed by atoms with Crippen molar-refractivity contribution < 1.29 is 22.4 Å². The van der Waals surface area contributed by atoms with E-state index in [1.54, 1.807) is 12.1 Å². The summed E-state index contributed by atoms with van der Waals surface area (Å²) >= 11 is 0. The number of aliphatic imine (C=N–C) groups is 1. The number of hydrogen-bond donors (Lipinski definition) is 2. The molecule has 0 aliphatic carbocycles. The number of nitrogens with two attached hydrogens (primary N) is 1. The Balaban J connectivity index is 1.62. The predicted octanol–water partition coefficient (Wildman–Crippen LogP) is 0.121. The minimum Gasteiger partial charge on any atom is -0.363 e. The Labute approximate surface area is 170 Å². The third-order valence-corrected chi connectivity index (χ3v) is 5.71. The van der Waals surface area contributed by atoms with E-state index >= 15 is 0 Å². The summed E-state index contributed by atoms with van der Waals surface area (Å²) in [6.45, 7) is -0.502. The third kappa shape index (κ3) is 3.37. The monoisotopic (exact) mass is 430 g/mol. The first-order valence-corrected chi connectivity index (χ1v) is 10.1. The molecule has 2 aromatic carbocycles. The molecule has 4 rings (SSSR count). The van der Waals surface area contributed by atoms with E-state index in [4.69, 9.17) is 5.73 Å². The van der Waals surface area contributed by atoms with E-state index in [0.717, 1.165) is 5.01 Å². The Hall–Kier alpha value is -3.80. The van der Waals surface area contributed by atoms with Gasteiger partial charge >= 0.3 is 0 Å². The second kappa shape index (κ2) is 7.22. The topological polar surface area (TPSA) is 138 Å². The molecule has 2 aliphatic rings. The number of halogens is 1. The van der Waals surface area contributed by atoms with Crippen molar-refractivity contribution in [3.63, 3.8) is 0 Å². The number of nitrogens with zero attached hydrogens (tertiary/aromatic N) is 4. The van der Waals surface area contributed by atoms with E-state index in [1.807, 2.05) is 0 Å². The Morgan fingerprint density at radius 1 is 1.10 bits per heavy atom. The summed E-state index contributed by atoms with van der Waals surface area (Å²) in [5.74, 6) is -2.66. The molecule has 0 unspecified atom stereocenters. The first kappa shape index (κ1) is 19.5. The summed E-state index contributed by atoms with van der Waals surface area (Å²) in [7, 11) is -4.03. The number of anilines is 1. The molecule has 154 valence electrons. The van der Waals surface area contributed by atoms with Gasteiger partial charge in [0.25, 0.3) is 21.9 Å². The fraction of sp³-hybridized carbons (Fsp3) is 0.111. The maximum atomic E-state index is 13.7. The molecule has 0 aromatic heterocycles. The molecule has 2 aliphatic heterocycles. The molecule has 0 radical (unpaired) electrons. The van der Waals surface area contributed by atoms with Crippen molar-refractivity contribution in [3.8, 4) is 0 Å². The van der Waals surface area contributed by atoms with E-state index < -0.39 is 34.2 Å². The van der Waals surface area contributed by atoms with E-state index in [2.05, 4.69) is 14.7 Å². The number of fused-ring (bicyclic) bond motifs is 3. The largest absolute Gasteiger partial charge is 0.363 e. The number of para-hydroxylation sites is 1. The van der Waals surface area contributed by atoms with Crippen molar-refractivity contribution in [2.24, 2.45) is 15.1 Å². The van der Waals surface area contributed by atoms with Crippen molar-refractivity contribution in [1.82, 2.24) is 10.3 Å². The molecule has 0 bridgehead atoms. The third-order valence-electron chi connectivity index (χ3n) is 4.40. The van der Waals surface area contributed by atoms with Gasteiger partial charge in [0.05, 0.1) is 5.69 Å². The summed E-state index contributed by atoms with van der Waals surface area (Å²) in [6, 6.07) is 11.9. The van der Waals surface area contributed by atoms with Gasteiger partial charge < -0.3 is 11.1 Å². The Morgan fingerprint density at radius 3 is 2.53 bits per heavy atom. The van der Waals surface area contributed by atoms with Crippen LogP contribution in [-0.2, 0) is 26.2 Å². The zero-order chi connectivity index (χ0) is 21.5. The first-order chi connectivity index (χ1) is 14.3. The van der Waals surface area contributed by atoms with Crippen LogP contribution in [0.25, 0.3) is 0 Å². The van der Waals surface area contributed by atoms with Crippen LogP contribution in [0.3, 0.4) is 0 Å². The summed E-state index contributed by atoms with van der Waals surface area (Å²) in [4.78, 5) is 28.2. The number of hydrazine groups is 1. The summed E-state index contributed by atoms with van der Waals surface area (Å²) in [5.41, 5.74) is 5.82. The van der Waals surface area contributed by atoms with Gasteiger partial charge in [-0.1, -0.05) is 30.3 Å². The second-order valence-electron chi connectivity index (χ2n) is 6.37. The number of sulfonamides is 1. The molecule has 10 nitrogen and oxygen atoms in total. The second-order valence-corrected chi connectivity index (χ2v) is 7.94. The highest BCUT2D eigenvalue weighted by Gasteiger charge is 2.42. The van der Waals surface area contributed by atoms with Crippen molar-refractivity contribution in [2.75, 3.05) is 11.6 Å². The fourth-order valence-corrected chi connectivity index (χ4v) is 4.16. The van der Waals surface area contributed by atoms with E-state index in [9.17, 15) is 22.4 Å². The number of amides is 2. The molecule has 2 aromatic rings. The minimum absolute atomic E-state index is 0.0751. The summed E-state index contributed by atoms with van der Waals surface area (Å²) in [6.07, 6.45) is 0. The lowest BCUT2D eigenvalue weighted by Gasteiger charge is -2.32. The van der Waals surface area contributed by atoms with Gasteiger partial charge in [0.15, 0.2) is 0 Å². The molecule has 3 N–H and O–H groups in total. The van der Waals surface area contributed by atoms with E-state index in [-0.39, 0.29) is 34.5 Å². The minimum atomic E-state index is -4.03. The lowest BCUT2D eigenvalue weighted by molar-refractivity contribution is -0.121. The lowest BCUT2D eigenvalue weighted by Crippen LogP contribution is -2.52. The van der Waals surface area contributed by atoms with Crippen LogP contribution in [0.2, 0.25) is 0 Å². The molecule has 0 saturated heterocycles. The van der Waals surface area contributed by atoms with Gasteiger partial charge in [-0.15, -0.1) is 4.40 Å². The number of carbonyl (C=O) groups excluding carboxylic acids is 2. The van der Waals surface area contributed by atoms with E-state index in [1.165, 1.54) is 41.4 Å². The van der Waals surface area contributed by atoms with Crippen LogP contribution < -0.4 is 16.1 Å². The van der Waals surface area contributed by atoms with Crippen LogP contribution in [0.15, 0.2) is 62.8 Å². The maximum Gasteiger partial charge on any atom is 0.287 e. The summed E-state index contributed by atoms with van der Waals surface area (Å²) in [5, 5.41) is 4.91. The highest BCUT2D eigenvalue weighted by atomic mass is 32.2. The Kier molecular flexibility index (Phi) is 4.70. The zero-order valence-corrected chi connectivity index (χ0v) is 16.1. The van der Waals surface area contributed by atoms with Crippen LogP contribution in [0.5, 0.6) is 0 Å². The van der Waals surface area contributed by atoms with Gasteiger partial charge in [-0.3, -0.25) is 9.59 Å². The van der Waals surface area contributed by atoms with Crippen LogP contribution in [0.1, 0.15) is 5.56 Å². The average molecular weight is 430 g/mol. The van der Waals surface area contributed by atoms with Gasteiger partial charge in [-0.2, -0.15) is 13.4 Å². The number of nitrogens with one attached hydrogen (secondary N) is 1. The zero-order valence-electron chi connectivity index (χ0n) is 15.3. The number of benzene rings is 2. The smallest absolute Gasteiger partial charge is 0.287 e. The van der Waals surface area contributed by atoms with Crippen LogP contribution in [-0.4, -0.2) is 43.6 Å². The fourth-order valence-electron chi connectivity index (χ4n) is 3.06. The SMILES string of the molecule is NC(=O)C1=NC2=NS(=O)(=O)c3ccccc3N2N1CC(=O)NCc1ccccc1F. The van der Waals surface area contributed by atoms with Crippen LogP contribution >= 0.6 is 0 Å². The van der Waals surface area contributed by atoms with Crippen molar-refractivity contribution >= 4 is 39.3 Å². The molecular weight excluding hydrogens is 415 g/mol. The molecule has 12 heteroatoms. The van der Waals surface area contributed by atoms with Crippen molar-refractivity contribution in [3.05, 3.63) is 59.9 Å². The molecule has 2 heterocycles. The number of hydrogen-bond acceptors (Lipinski definition) is 7. The van der Waals surface area contributed by atoms with Crippen molar-refractivity contribution in [1.29, 1.82) is 0 Å². The normalized spacial score (nSPS) is 16.3. The Morgan fingerprint density at radius 2 is 1.80 bits per heavy atom. The standard InChI is InChI=1S/C18H15FN6O4S/c19-12-6-2-1-5-11(12)9-21-15(26)10-24-17(16(20)27)22-18-23-30(28,29)14-8-4-3-7-13(14)25(18)24/h1-8H,9-10H2,(H2,20,27)(H,21,26). The molecule has 0 fully saturated rings. The average Bonchev–Trinajstić information content (AvgIpc) is 3.05. The highest BCUT2D eigenvalue weighted by Crippen LogP contribution is 2.34. The number of primary amides is 1. The van der Waals surface area contributed by atoms with E-state index in [0.29, 0.717) is 0 Å². The van der Waals surface area contributed by atoms with Gasteiger partial charge in [0.2, 0.25) is 11.7 Å². The van der Waals surface area contributed by atoms with Gasteiger partial charge in [0.1, 0.15) is 17.3 Å². The molecule has 0 saturated carbocycles. The highest BCUT2D eigenvalue weighted by molar-refractivity contribution is 7.90. The maximum absolute atomic E-state index is 13.7. The number of rotatable bonds is 5. The molecule has 30 heavy (non-hydrogen) atoms. The summed E-state index contributed by atoms with van der Waals surface area (Å²) < 4.78 is 42.1. The van der Waals surface area contributed by atoms with Gasteiger partial charge in [-0.25, -0.2) is 14.4 Å². The number of carbonyl (C=O) groups is 2.